The van der Waals surface area contributed by atoms with Crippen LogP contribution in [-0.2, 0) is 11.2 Å². The molecule has 0 aliphatic carbocycles. The molecular weight excluding hydrogens is 224 g/mol. The molecular formula is C15H24N2O. The average molecular weight is 248 g/mol. The minimum atomic E-state index is 0.120. The van der Waals surface area contributed by atoms with Crippen LogP contribution in [0.15, 0.2) is 30.3 Å². The molecule has 0 aromatic heterocycles. The van der Waals surface area contributed by atoms with Crippen molar-refractivity contribution >= 4 is 5.91 Å². The van der Waals surface area contributed by atoms with E-state index in [9.17, 15) is 4.79 Å². The zero-order valence-corrected chi connectivity index (χ0v) is 11.2. The molecule has 3 N–H and O–H groups in total. The molecule has 1 amide bonds. The number of carbonyl (C=O) groups excluding carboxylic acids is 1. The van der Waals surface area contributed by atoms with E-state index in [2.05, 4.69) is 24.4 Å². The zero-order valence-electron chi connectivity index (χ0n) is 11.2. The van der Waals surface area contributed by atoms with Gasteiger partial charge in [-0.25, -0.2) is 0 Å². The number of amides is 1. The third kappa shape index (κ3) is 5.82. The Hall–Kier alpha value is -1.35. The fourth-order valence-electron chi connectivity index (χ4n) is 1.99. The molecule has 1 rings (SSSR count). The van der Waals surface area contributed by atoms with E-state index in [1.807, 2.05) is 18.2 Å². The lowest BCUT2D eigenvalue weighted by atomic mass is 10.1. The fraction of sp³-hybridized carbons (Fsp3) is 0.533. The van der Waals surface area contributed by atoms with Gasteiger partial charge in [0, 0.05) is 19.0 Å². The molecule has 3 heteroatoms. The number of carbonyl (C=O) groups is 1. The van der Waals surface area contributed by atoms with E-state index in [4.69, 9.17) is 5.73 Å². The predicted octanol–water partition coefficient (Wildman–Crippen LogP) is 2.25. The number of rotatable bonds is 8. The molecule has 1 unspecified atom stereocenters. The Kier molecular flexibility index (Phi) is 7.11. The standard InChI is InChI=1S/C15H24N2O/c1-2-7-14(12-16)17-15(18)11-6-10-13-8-4-3-5-9-13/h3-5,8-9,14H,2,6-7,10-12,16H2,1H3,(H,17,18). The van der Waals surface area contributed by atoms with Gasteiger partial charge in [-0.05, 0) is 24.8 Å². The Labute approximate surface area is 110 Å². The van der Waals surface area contributed by atoms with Crippen LogP contribution in [0, 0.1) is 0 Å². The zero-order chi connectivity index (χ0) is 13.2. The first-order valence-electron chi connectivity index (χ1n) is 6.79. The van der Waals surface area contributed by atoms with Crippen LogP contribution in [0.5, 0.6) is 0 Å². The summed E-state index contributed by atoms with van der Waals surface area (Å²) in [5.74, 6) is 0.120. The minimum Gasteiger partial charge on any atom is -0.352 e. The fourth-order valence-corrected chi connectivity index (χ4v) is 1.99. The normalized spacial score (nSPS) is 12.1. The molecule has 0 spiro atoms. The van der Waals surface area contributed by atoms with Crippen molar-refractivity contribution in [3.8, 4) is 0 Å². The summed E-state index contributed by atoms with van der Waals surface area (Å²) in [6.45, 7) is 2.63. The maximum Gasteiger partial charge on any atom is 0.220 e. The van der Waals surface area contributed by atoms with E-state index in [1.165, 1.54) is 5.56 Å². The third-order valence-electron chi connectivity index (χ3n) is 3.00. The third-order valence-corrected chi connectivity index (χ3v) is 3.00. The van der Waals surface area contributed by atoms with Gasteiger partial charge >= 0.3 is 0 Å². The summed E-state index contributed by atoms with van der Waals surface area (Å²) in [5, 5.41) is 2.99. The van der Waals surface area contributed by atoms with Gasteiger partial charge in [0.05, 0.1) is 0 Å². The van der Waals surface area contributed by atoms with Crippen molar-refractivity contribution in [2.75, 3.05) is 6.54 Å². The summed E-state index contributed by atoms with van der Waals surface area (Å²) in [6, 6.07) is 10.4. The van der Waals surface area contributed by atoms with Crippen LogP contribution >= 0.6 is 0 Å². The van der Waals surface area contributed by atoms with Gasteiger partial charge in [0.1, 0.15) is 0 Å². The molecule has 0 fully saturated rings. The molecule has 0 saturated carbocycles. The first-order chi connectivity index (χ1) is 8.76. The molecule has 1 atom stereocenters. The van der Waals surface area contributed by atoms with Gasteiger partial charge in [-0.3, -0.25) is 4.79 Å². The quantitative estimate of drug-likeness (QED) is 0.741. The number of hydrogen-bond acceptors (Lipinski definition) is 2. The largest absolute Gasteiger partial charge is 0.352 e. The SMILES string of the molecule is CCCC(CN)NC(=O)CCCc1ccccc1. The molecule has 0 bridgehead atoms. The molecule has 0 radical (unpaired) electrons. The highest BCUT2D eigenvalue weighted by Crippen LogP contribution is 2.05. The molecule has 1 aromatic rings. The van der Waals surface area contributed by atoms with Crippen LogP contribution < -0.4 is 11.1 Å². The first-order valence-corrected chi connectivity index (χ1v) is 6.79. The molecule has 18 heavy (non-hydrogen) atoms. The van der Waals surface area contributed by atoms with Crippen molar-refractivity contribution in [3.05, 3.63) is 35.9 Å². The molecule has 0 aliphatic heterocycles. The second-order valence-electron chi connectivity index (χ2n) is 4.63. The van der Waals surface area contributed by atoms with E-state index < -0.39 is 0 Å². The monoisotopic (exact) mass is 248 g/mol. The lowest BCUT2D eigenvalue weighted by molar-refractivity contribution is -0.121. The predicted molar refractivity (Wildman–Crippen MR) is 75.3 cm³/mol. The Bertz CT molecular complexity index is 338. The highest BCUT2D eigenvalue weighted by molar-refractivity contribution is 5.76. The number of hydrogen-bond donors (Lipinski definition) is 2. The number of aryl methyl sites for hydroxylation is 1. The number of nitrogens with two attached hydrogens (primary N) is 1. The van der Waals surface area contributed by atoms with Crippen LogP contribution in [0.25, 0.3) is 0 Å². The summed E-state index contributed by atoms with van der Waals surface area (Å²) in [4.78, 5) is 11.7. The Morgan fingerprint density at radius 3 is 2.67 bits per heavy atom. The summed E-state index contributed by atoms with van der Waals surface area (Å²) in [7, 11) is 0. The maximum atomic E-state index is 11.7. The average Bonchev–Trinajstić information content (AvgIpc) is 2.39. The van der Waals surface area contributed by atoms with Crippen LogP contribution in [0.1, 0.15) is 38.2 Å². The smallest absolute Gasteiger partial charge is 0.220 e. The van der Waals surface area contributed by atoms with E-state index in [0.29, 0.717) is 13.0 Å². The summed E-state index contributed by atoms with van der Waals surface area (Å²) in [6.07, 6.45) is 4.43. The van der Waals surface area contributed by atoms with Crippen molar-refractivity contribution < 1.29 is 4.79 Å². The van der Waals surface area contributed by atoms with E-state index in [0.717, 1.165) is 25.7 Å². The van der Waals surface area contributed by atoms with E-state index >= 15 is 0 Å². The van der Waals surface area contributed by atoms with Gasteiger partial charge in [-0.2, -0.15) is 0 Å². The topological polar surface area (TPSA) is 55.1 Å². The molecule has 100 valence electrons. The highest BCUT2D eigenvalue weighted by atomic mass is 16.1. The van der Waals surface area contributed by atoms with Crippen LogP contribution in [-0.4, -0.2) is 18.5 Å². The molecule has 1 aromatic carbocycles. The second-order valence-corrected chi connectivity index (χ2v) is 4.63. The minimum absolute atomic E-state index is 0.120. The first kappa shape index (κ1) is 14.7. The summed E-state index contributed by atoms with van der Waals surface area (Å²) in [5.41, 5.74) is 6.90. The number of benzene rings is 1. The van der Waals surface area contributed by atoms with Gasteiger partial charge in [-0.15, -0.1) is 0 Å². The second kappa shape index (κ2) is 8.70. The van der Waals surface area contributed by atoms with Gasteiger partial charge in [-0.1, -0.05) is 43.7 Å². The molecule has 0 saturated heterocycles. The van der Waals surface area contributed by atoms with Crippen molar-refractivity contribution in [2.24, 2.45) is 5.73 Å². The van der Waals surface area contributed by atoms with Gasteiger partial charge in [0.15, 0.2) is 0 Å². The number of nitrogens with one attached hydrogen (secondary N) is 1. The van der Waals surface area contributed by atoms with E-state index in [-0.39, 0.29) is 11.9 Å². The Balaban J connectivity index is 2.20. The summed E-state index contributed by atoms with van der Waals surface area (Å²) >= 11 is 0. The lowest BCUT2D eigenvalue weighted by Gasteiger charge is -2.15. The van der Waals surface area contributed by atoms with E-state index in [1.54, 1.807) is 0 Å². The van der Waals surface area contributed by atoms with Crippen LogP contribution in [0.4, 0.5) is 0 Å². The Morgan fingerprint density at radius 1 is 1.33 bits per heavy atom. The van der Waals surface area contributed by atoms with Crippen molar-refractivity contribution in [2.45, 2.75) is 45.1 Å². The van der Waals surface area contributed by atoms with Crippen molar-refractivity contribution in [3.63, 3.8) is 0 Å². The van der Waals surface area contributed by atoms with Crippen LogP contribution in [0.2, 0.25) is 0 Å². The van der Waals surface area contributed by atoms with Crippen molar-refractivity contribution in [1.82, 2.24) is 5.32 Å². The molecule has 3 nitrogen and oxygen atoms in total. The van der Waals surface area contributed by atoms with Crippen molar-refractivity contribution in [1.29, 1.82) is 0 Å². The molecule has 0 heterocycles. The Morgan fingerprint density at radius 2 is 2.06 bits per heavy atom. The van der Waals surface area contributed by atoms with Crippen LogP contribution in [0.3, 0.4) is 0 Å². The maximum absolute atomic E-state index is 11.7. The lowest BCUT2D eigenvalue weighted by Crippen LogP contribution is -2.39. The highest BCUT2D eigenvalue weighted by Gasteiger charge is 2.09. The summed E-state index contributed by atoms with van der Waals surface area (Å²) < 4.78 is 0. The molecule has 0 aliphatic rings. The van der Waals surface area contributed by atoms with Gasteiger partial charge in [0.25, 0.3) is 0 Å². The van der Waals surface area contributed by atoms with Gasteiger partial charge < -0.3 is 11.1 Å². The van der Waals surface area contributed by atoms with Gasteiger partial charge in [0.2, 0.25) is 5.91 Å².